The summed E-state index contributed by atoms with van der Waals surface area (Å²) >= 11 is 0. The normalized spacial score (nSPS) is 11.2. The van der Waals surface area contributed by atoms with Gasteiger partial charge in [-0.25, -0.2) is 0 Å². The standard InChI is InChI=1S/C22H19F3N2O/c1-27(2)21(28)16-9-7-15(8-10-16)19-5-3-4-6-20(19)26-18-13-11-17(12-14-18)22(23,24)25/h3-14,26H,1-2H3. The summed E-state index contributed by atoms with van der Waals surface area (Å²) in [5.41, 5.74) is 2.99. The fraction of sp³-hybridized carbons (Fsp3) is 0.136. The average Bonchev–Trinajstić information content (AvgIpc) is 2.68. The molecule has 1 N–H and O–H groups in total. The van der Waals surface area contributed by atoms with Gasteiger partial charge in [-0.3, -0.25) is 4.79 Å². The van der Waals surface area contributed by atoms with Crippen LogP contribution in [-0.2, 0) is 6.18 Å². The number of nitrogens with zero attached hydrogens (tertiary/aromatic N) is 1. The molecule has 3 nitrogen and oxygen atoms in total. The molecule has 3 rings (SSSR count). The summed E-state index contributed by atoms with van der Waals surface area (Å²) in [5, 5.41) is 3.16. The number of hydrogen-bond donors (Lipinski definition) is 1. The van der Waals surface area contributed by atoms with Gasteiger partial charge in [0.05, 0.1) is 5.56 Å². The van der Waals surface area contributed by atoms with Crippen molar-refractivity contribution in [3.8, 4) is 11.1 Å². The van der Waals surface area contributed by atoms with Crippen molar-refractivity contribution in [3.05, 3.63) is 83.9 Å². The molecule has 28 heavy (non-hydrogen) atoms. The molecule has 0 atom stereocenters. The summed E-state index contributed by atoms with van der Waals surface area (Å²) < 4.78 is 38.2. The highest BCUT2D eigenvalue weighted by atomic mass is 19.4. The van der Waals surface area contributed by atoms with Gasteiger partial charge in [0.2, 0.25) is 0 Å². The SMILES string of the molecule is CN(C)C(=O)c1ccc(-c2ccccc2Nc2ccc(C(F)(F)F)cc2)cc1. The molecule has 3 aromatic rings. The Hall–Kier alpha value is -3.28. The van der Waals surface area contributed by atoms with Gasteiger partial charge < -0.3 is 10.2 Å². The minimum Gasteiger partial charge on any atom is -0.355 e. The maximum Gasteiger partial charge on any atom is 0.416 e. The zero-order chi connectivity index (χ0) is 20.3. The van der Waals surface area contributed by atoms with Gasteiger partial charge in [0.1, 0.15) is 0 Å². The van der Waals surface area contributed by atoms with Crippen LogP contribution in [0.2, 0.25) is 0 Å². The number of halogens is 3. The smallest absolute Gasteiger partial charge is 0.355 e. The van der Waals surface area contributed by atoms with Crippen LogP contribution in [0.1, 0.15) is 15.9 Å². The quantitative estimate of drug-likeness (QED) is 0.615. The molecule has 144 valence electrons. The fourth-order valence-corrected chi connectivity index (χ4v) is 2.79. The third-order valence-electron chi connectivity index (χ3n) is 4.27. The van der Waals surface area contributed by atoms with E-state index in [0.29, 0.717) is 11.3 Å². The molecular formula is C22H19F3N2O. The van der Waals surface area contributed by atoms with E-state index in [2.05, 4.69) is 5.32 Å². The number of carbonyl (C=O) groups is 1. The molecule has 0 aliphatic heterocycles. The lowest BCUT2D eigenvalue weighted by atomic mass is 10.0. The van der Waals surface area contributed by atoms with E-state index in [1.54, 1.807) is 26.2 Å². The first kappa shape index (κ1) is 19.5. The fourth-order valence-electron chi connectivity index (χ4n) is 2.79. The van der Waals surface area contributed by atoms with Gasteiger partial charge in [-0.15, -0.1) is 0 Å². The van der Waals surface area contributed by atoms with E-state index in [4.69, 9.17) is 0 Å². The van der Waals surface area contributed by atoms with Crippen LogP contribution in [0.5, 0.6) is 0 Å². The number of para-hydroxylation sites is 1. The molecule has 0 aliphatic rings. The zero-order valence-corrected chi connectivity index (χ0v) is 15.4. The molecule has 0 spiro atoms. The van der Waals surface area contributed by atoms with Crippen LogP contribution >= 0.6 is 0 Å². The van der Waals surface area contributed by atoms with Crippen LogP contribution in [0, 0.1) is 0 Å². The molecule has 0 aliphatic carbocycles. The molecule has 0 fully saturated rings. The third-order valence-corrected chi connectivity index (χ3v) is 4.27. The first-order valence-electron chi connectivity index (χ1n) is 8.61. The Morgan fingerprint density at radius 1 is 0.857 bits per heavy atom. The molecule has 0 bridgehead atoms. The first-order valence-corrected chi connectivity index (χ1v) is 8.61. The van der Waals surface area contributed by atoms with E-state index in [0.717, 1.165) is 28.9 Å². The van der Waals surface area contributed by atoms with Crippen LogP contribution < -0.4 is 5.32 Å². The van der Waals surface area contributed by atoms with Gasteiger partial charge in [0.25, 0.3) is 5.91 Å². The van der Waals surface area contributed by atoms with E-state index >= 15 is 0 Å². The molecule has 6 heteroatoms. The van der Waals surface area contributed by atoms with Crippen molar-refractivity contribution < 1.29 is 18.0 Å². The molecular weight excluding hydrogens is 365 g/mol. The Kier molecular flexibility index (Phi) is 5.40. The molecule has 0 radical (unpaired) electrons. The minimum atomic E-state index is -4.36. The number of anilines is 2. The molecule has 0 heterocycles. The third kappa shape index (κ3) is 4.34. The highest BCUT2D eigenvalue weighted by Gasteiger charge is 2.29. The summed E-state index contributed by atoms with van der Waals surface area (Å²) in [6.07, 6.45) is -4.36. The molecule has 0 aromatic heterocycles. The van der Waals surface area contributed by atoms with E-state index in [9.17, 15) is 18.0 Å². The Balaban J connectivity index is 1.86. The summed E-state index contributed by atoms with van der Waals surface area (Å²) in [6, 6.07) is 19.6. The topological polar surface area (TPSA) is 32.3 Å². The number of hydrogen-bond acceptors (Lipinski definition) is 2. The Bertz CT molecular complexity index is 962. The predicted molar refractivity (Wildman–Crippen MR) is 105 cm³/mol. The van der Waals surface area contributed by atoms with E-state index in [1.807, 2.05) is 36.4 Å². The summed E-state index contributed by atoms with van der Waals surface area (Å²) in [6.45, 7) is 0. The van der Waals surface area contributed by atoms with Crippen molar-refractivity contribution in [3.63, 3.8) is 0 Å². The number of rotatable bonds is 4. The number of alkyl halides is 3. The number of benzene rings is 3. The number of carbonyl (C=O) groups excluding carboxylic acids is 1. The van der Waals surface area contributed by atoms with Gasteiger partial charge >= 0.3 is 6.18 Å². The van der Waals surface area contributed by atoms with E-state index < -0.39 is 11.7 Å². The molecule has 0 saturated heterocycles. The van der Waals surface area contributed by atoms with Crippen molar-refractivity contribution in [2.75, 3.05) is 19.4 Å². The zero-order valence-electron chi connectivity index (χ0n) is 15.4. The van der Waals surface area contributed by atoms with E-state index in [-0.39, 0.29) is 5.91 Å². The molecule has 0 unspecified atom stereocenters. The largest absolute Gasteiger partial charge is 0.416 e. The maximum absolute atomic E-state index is 12.7. The average molecular weight is 384 g/mol. The highest BCUT2D eigenvalue weighted by molar-refractivity contribution is 5.94. The second-order valence-corrected chi connectivity index (χ2v) is 6.52. The molecule has 3 aromatic carbocycles. The van der Waals surface area contributed by atoms with Crippen LogP contribution in [-0.4, -0.2) is 24.9 Å². The second-order valence-electron chi connectivity index (χ2n) is 6.52. The Labute approximate surface area is 161 Å². The van der Waals surface area contributed by atoms with Gasteiger partial charge in [-0.05, 0) is 48.0 Å². The number of nitrogens with one attached hydrogen (secondary N) is 1. The maximum atomic E-state index is 12.7. The highest BCUT2D eigenvalue weighted by Crippen LogP contribution is 2.33. The van der Waals surface area contributed by atoms with Gasteiger partial charge in [-0.2, -0.15) is 13.2 Å². The lowest BCUT2D eigenvalue weighted by Crippen LogP contribution is -2.21. The lowest BCUT2D eigenvalue weighted by Gasteiger charge is -2.14. The van der Waals surface area contributed by atoms with Gasteiger partial charge in [0, 0.05) is 36.6 Å². The summed E-state index contributed by atoms with van der Waals surface area (Å²) in [7, 11) is 3.39. The molecule has 0 saturated carbocycles. The Morgan fingerprint density at radius 3 is 2.04 bits per heavy atom. The van der Waals surface area contributed by atoms with Crippen molar-refractivity contribution in [2.45, 2.75) is 6.18 Å². The summed E-state index contributed by atoms with van der Waals surface area (Å²) in [5.74, 6) is -0.0808. The van der Waals surface area contributed by atoms with Crippen LogP contribution in [0.25, 0.3) is 11.1 Å². The van der Waals surface area contributed by atoms with Gasteiger partial charge in [-0.1, -0.05) is 30.3 Å². The Morgan fingerprint density at radius 2 is 1.46 bits per heavy atom. The second kappa shape index (κ2) is 7.76. The monoisotopic (exact) mass is 384 g/mol. The van der Waals surface area contributed by atoms with Crippen molar-refractivity contribution in [1.82, 2.24) is 4.90 Å². The van der Waals surface area contributed by atoms with E-state index in [1.165, 1.54) is 17.0 Å². The van der Waals surface area contributed by atoms with Crippen molar-refractivity contribution >= 4 is 17.3 Å². The summed E-state index contributed by atoms with van der Waals surface area (Å²) in [4.78, 5) is 13.5. The first-order chi connectivity index (χ1) is 13.3. The van der Waals surface area contributed by atoms with Gasteiger partial charge in [0.15, 0.2) is 0 Å². The number of amides is 1. The van der Waals surface area contributed by atoms with Crippen LogP contribution in [0.15, 0.2) is 72.8 Å². The predicted octanol–water partition coefficient (Wildman–Crippen LogP) is 5.82. The van der Waals surface area contributed by atoms with Crippen LogP contribution in [0.4, 0.5) is 24.5 Å². The lowest BCUT2D eigenvalue weighted by molar-refractivity contribution is -0.137. The van der Waals surface area contributed by atoms with Crippen LogP contribution in [0.3, 0.4) is 0 Å². The van der Waals surface area contributed by atoms with Crippen molar-refractivity contribution in [2.24, 2.45) is 0 Å². The minimum absolute atomic E-state index is 0.0808. The van der Waals surface area contributed by atoms with Crippen molar-refractivity contribution in [1.29, 1.82) is 0 Å². The molecule has 1 amide bonds.